The fraction of sp³-hybridized carbons (Fsp3) is 0.429. The van der Waals surface area contributed by atoms with E-state index in [1.807, 2.05) is 30.3 Å². The Bertz CT molecular complexity index is 996. The number of ether oxygens (including phenoxy) is 1. The molecule has 0 aliphatic carbocycles. The van der Waals surface area contributed by atoms with Crippen molar-refractivity contribution >= 4 is 20.1 Å². The van der Waals surface area contributed by atoms with Crippen molar-refractivity contribution in [3.63, 3.8) is 0 Å². The van der Waals surface area contributed by atoms with E-state index >= 15 is 0 Å². The number of rotatable bonds is 10. The van der Waals surface area contributed by atoms with Crippen molar-refractivity contribution in [1.82, 2.24) is 4.90 Å². The highest BCUT2D eigenvalue weighted by Gasteiger charge is 2.57. The van der Waals surface area contributed by atoms with Crippen molar-refractivity contribution in [2.45, 2.75) is 70.3 Å². The van der Waals surface area contributed by atoms with Crippen LogP contribution in [0.25, 0.3) is 0 Å². The highest BCUT2D eigenvalue weighted by molar-refractivity contribution is 6.77. The third-order valence-electron chi connectivity index (χ3n) is 6.89. The number of imide groups is 1. The Labute approximate surface area is 204 Å². The zero-order valence-electron chi connectivity index (χ0n) is 21.2. The molecule has 2 aromatic carbocycles. The monoisotopic (exact) mass is 479 g/mol. The molecule has 0 N–H and O–H groups in total. The lowest BCUT2D eigenvalue weighted by atomic mass is 9.89. The van der Waals surface area contributed by atoms with Gasteiger partial charge in [0.05, 0.1) is 6.04 Å². The molecule has 34 heavy (non-hydrogen) atoms. The van der Waals surface area contributed by atoms with Crippen LogP contribution < -0.4 is 4.74 Å². The van der Waals surface area contributed by atoms with Gasteiger partial charge in [0.25, 0.3) is 11.8 Å². The number of nitrogens with zero attached hydrogens (tertiary/aromatic N) is 1. The summed E-state index contributed by atoms with van der Waals surface area (Å²) in [5.74, 6) is 0.0940. The fourth-order valence-electron chi connectivity index (χ4n) is 5.42. The first kappa shape index (κ1) is 25.9. The predicted octanol–water partition coefficient (Wildman–Crippen LogP) is 6.54. The normalized spacial score (nSPS) is 18.4. The lowest BCUT2D eigenvalue weighted by molar-refractivity contribution is -0.159. The van der Waals surface area contributed by atoms with Gasteiger partial charge in [-0.1, -0.05) is 84.5 Å². The lowest BCUT2D eigenvalue weighted by Crippen LogP contribution is -2.66. The summed E-state index contributed by atoms with van der Waals surface area (Å²) < 4.78 is 12.6. The van der Waals surface area contributed by atoms with Crippen LogP contribution in [0.2, 0.25) is 16.6 Å². The van der Waals surface area contributed by atoms with Crippen LogP contribution in [-0.2, 0) is 9.22 Å². The minimum Gasteiger partial charge on any atom is -0.490 e. The lowest BCUT2D eigenvalue weighted by Gasteiger charge is -2.52. The van der Waals surface area contributed by atoms with Gasteiger partial charge in [0, 0.05) is 5.56 Å². The Morgan fingerprint density at radius 3 is 2.18 bits per heavy atom. The van der Waals surface area contributed by atoms with Gasteiger partial charge in [-0.15, -0.1) is 0 Å². The molecule has 0 unspecified atom stereocenters. The van der Waals surface area contributed by atoms with Crippen molar-refractivity contribution < 1.29 is 18.8 Å². The average Bonchev–Trinajstić information content (AvgIpc) is 2.81. The van der Waals surface area contributed by atoms with Crippen molar-refractivity contribution in [1.29, 1.82) is 0 Å². The summed E-state index contributed by atoms with van der Waals surface area (Å²) in [4.78, 5) is 28.3. The Hall–Kier alpha value is -2.70. The smallest absolute Gasteiger partial charge is 0.261 e. The van der Waals surface area contributed by atoms with Gasteiger partial charge in [-0.2, -0.15) is 0 Å². The highest BCUT2D eigenvalue weighted by atomic mass is 28.4. The second-order valence-corrected chi connectivity index (χ2v) is 15.3. The van der Waals surface area contributed by atoms with Crippen LogP contribution >= 0.6 is 0 Å². The van der Waals surface area contributed by atoms with Gasteiger partial charge in [-0.05, 0) is 46.5 Å². The largest absolute Gasteiger partial charge is 0.490 e. The summed E-state index contributed by atoms with van der Waals surface area (Å²) in [6.45, 7) is 17.3. The van der Waals surface area contributed by atoms with Crippen LogP contribution in [0.4, 0.5) is 0 Å². The summed E-state index contributed by atoms with van der Waals surface area (Å²) in [6, 6.07) is 16.0. The summed E-state index contributed by atoms with van der Waals surface area (Å²) in [7, 11) is -2.36. The van der Waals surface area contributed by atoms with Gasteiger partial charge in [-0.25, -0.2) is 0 Å². The Balaban J connectivity index is 2.04. The summed E-state index contributed by atoms with van der Waals surface area (Å²) >= 11 is 0. The van der Waals surface area contributed by atoms with Crippen molar-refractivity contribution in [2.75, 3.05) is 6.61 Å². The molecular formula is C28H37NO4Si. The van der Waals surface area contributed by atoms with Crippen molar-refractivity contribution in [3.8, 4) is 5.75 Å². The quantitative estimate of drug-likeness (QED) is 0.168. The van der Waals surface area contributed by atoms with Gasteiger partial charge >= 0.3 is 0 Å². The molecule has 3 rings (SSSR count). The zero-order chi connectivity index (χ0) is 25.0. The summed E-state index contributed by atoms with van der Waals surface area (Å²) in [5, 5.41) is 0. The summed E-state index contributed by atoms with van der Waals surface area (Å²) in [6.07, 6.45) is 0.992. The first-order chi connectivity index (χ1) is 16.1. The van der Waals surface area contributed by atoms with Gasteiger partial charge < -0.3 is 9.16 Å². The molecule has 182 valence electrons. The number of likely N-dealkylation sites (tertiary alicyclic amines) is 1. The maximum absolute atomic E-state index is 13.5. The van der Waals surface area contributed by atoms with E-state index in [1.54, 1.807) is 30.3 Å². The molecule has 1 aliphatic rings. The van der Waals surface area contributed by atoms with Gasteiger partial charge in [0.15, 0.2) is 6.10 Å². The number of β-lactam (4-membered cyclic amide) rings is 1. The number of amides is 2. The van der Waals surface area contributed by atoms with E-state index in [0.29, 0.717) is 34.5 Å². The van der Waals surface area contributed by atoms with E-state index < -0.39 is 20.5 Å². The zero-order valence-corrected chi connectivity index (χ0v) is 22.2. The molecule has 0 bridgehead atoms. The Morgan fingerprint density at radius 2 is 1.62 bits per heavy atom. The number of carbonyl (C=O) groups excluding carboxylic acids is 2. The molecule has 6 heteroatoms. The second-order valence-electron chi connectivity index (χ2n) is 9.85. The first-order valence-electron chi connectivity index (χ1n) is 12.1. The minimum atomic E-state index is -2.36. The van der Waals surface area contributed by atoms with E-state index in [0.717, 1.165) is 5.56 Å². The molecular weight excluding hydrogens is 442 g/mol. The number of carbonyl (C=O) groups is 2. The molecule has 1 heterocycles. The molecule has 1 aliphatic heterocycles. The molecule has 2 atom stereocenters. The first-order valence-corrected chi connectivity index (χ1v) is 14.2. The van der Waals surface area contributed by atoms with E-state index in [4.69, 9.17) is 9.16 Å². The maximum atomic E-state index is 13.5. The molecule has 0 radical (unpaired) electrons. The molecule has 2 amide bonds. The number of hydrogen-bond acceptors (Lipinski definition) is 4. The van der Waals surface area contributed by atoms with E-state index in [9.17, 15) is 9.59 Å². The molecule has 0 saturated carbocycles. The molecule has 1 fully saturated rings. The molecule has 0 spiro atoms. The topological polar surface area (TPSA) is 55.8 Å². The molecule has 2 aromatic rings. The molecule has 0 aromatic heterocycles. The maximum Gasteiger partial charge on any atom is 0.261 e. The van der Waals surface area contributed by atoms with E-state index in [-0.39, 0.29) is 11.8 Å². The predicted molar refractivity (Wildman–Crippen MR) is 138 cm³/mol. The molecule has 5 nitrogen and oxygen atoms in total. The minimum absolute atomic E-state index is 0.268. The second kappa shape index (κ2) is 10.7. The van der Waals surface area contributed by atoms with Crippen LogP contribution in [0.1, 0.15) is 63.5 Å². The van der Waals surface area contributed by atoms with Gasteiger partial charge in [0.1, 0.15) is 12.4 Å². The summed E-state index contributed by atoms with van der Waals surface area (Å²) in [5.41, 5.74) is 2.28. The van der Waals surface area contributed by atoms with Crippen LogP contribution in [0, 0.1) is 0 Å². The number of hydrogen-bond donors (Lipinski definition) is 0. The van der Waals surface area contributed by atoms with Crippen LogP contribution in [0.5, 0.6) is 5.75 Å². The Kier molecular flexibility index (Phi) is 8.15. The van der Waals surface area contributed by atoms with Gasteiger partial charge in [-0.3, -0.25) is 14.5 Å². The van der Waals surface area contributed by atoms with E-state index in [2.05, 4.69) is 48.1 Å². The average molecular weight is 480 g/mol. The van der Waals surface area contributed by atoms with Crippen LogP contribution in [0.15, 0.2) is 67.3 Å². The highest BCUT2D eigenvalue weighted by Crippen LogP contribution is 2.48. The van der Waals surface area contributed by atoms with E-state index in [1.165, 1.54) is 4.90 Å². The third-order valence-corrected chi connectivity index (χ3v) is 13.0. The Morgan fingerprint density at radius 1 is 1.00 bits per heavy atom. The van der Waals surface area contributed by atoms with Gasteiger partial charge in [0.2, 0.25) is 8.32 Å². The van der Waals surface area contributed by atoms with Crippen molar-refractivity contribution in [3.05, 3.63) is 78.4 Å². The van der Waals surface area contributed by atoms with Crippen LogP contribution in [0.3, 0.4) is 0 Å². The SMILES string of the molecule is C=CCOc1cccc([C@H]2[C@@H](O[Si](C(C)C)(C(C)C)C(C)C)C(=O)N2C(=O)c2ccccc2)c1. The molecule has 1 saturated heterocycles. The standard InChI is InChI=1S/C28H37NO4Si/c1-8-17-32-24-16-12-15-23(18-24)25-26(33-34(19(2)3,20(4)5)21(6)7)28(31)29(25)27(30)22-13-10-9-11-14-22/h8-16,18-21,25-26H,1,17H2,2-7H3/t25-,26+/m0/s1. The fourth-order valence-corrected chi connectivity index (χ4v) is 10.9. The third kappa shape index (κ3) is 4.75. The number of benzene rings is 2. The van der Waals surface area contributed by atoms with Crippen molar-refractivity contribution in [2.24, 2.45) is 0 Å². The van der Waals surface area contributed by atoms with Crippen LogP contribution in [-0.4, -0.2) is 37.7 Å².